The summed E-state index contributed by atoms with van der Waals surface area (Å²) in [6.07, 6.45) is 1.25. The van der Waals surface area contributed by atoms with E-state index in [2.05, 4.69) is 0 Å². The van der Waals surface area contributed by atoms with Crippen molar-refractivity contribution in [1.29, 1.82) is 0 Å². The number of nitrogens with zero attached hydrogens (tertiary/aromatic N) is 1. The van der Waals surface area contributed by atoms with Crippen molar-refractivity contribution in [3.63, 3.8) is 0 Å². The Morgan fingerprint density at radius 1 is 1.23 bits per heavy atom. The lowest BCUT2D eigenvalue weighted by Gasteiger charge is -2.23. The number of ether oxygens (including phenoxy) is 2. The minimum Gasteiger partial charge on any atom is -0.493 e. The zero-order valence-corrected chi connectivity index (χ0v) is 17.5. The first kappa shape index (κ1) is 19.5. The lowest BCUT2D eigenvalue weighted by atomic mass is 9.86. The average Bonchev–Trinajstić information content (AvgIpc) is 2.79. The zero-order chi connectivity index (χ0) is 21.5. The van der Waals surface area contributed by atoms with Crippen molar-refractivity contribution in [3.05, 3.63) is 71.4 Å². The molecule has 0 bridgehead atoms. The van der Waals surface area contributed by atoms with Crippen LogP contribution in [0.3, 0.4) is 0 Å². The summed E-state index contributed by atoms with van der Waals surface area (Å²) in [5, 5.41) is 14.0. The van der Waals surface area contributed by atoms with E-state index >= 15 is 0 Å². The molecule has 0 saturated carbocycles. The zero-order valence-electron chi connectivity index (χ0n) is 17.5. The Labute approximate surface area is 180 Å². The Balaban J connectivity index is 1.88. The highest BCUT2D eigenvalue weighted by Gasteiger charge is 2.28. The van der Waals surface area contributed by atoms with Crippen molar-refractivity contribution in [2.45, 2.75) is 26.4 Å². The van der Waals surface area contributed by atoms with Gasteiger partial charge in [-0.1, -0.05) is 30.3 Å². The maximum Gasteiger partial charge on any atom is 0.339 e. The fraction of sp³-hybridized carbons (Fsp3) is 0.231. The van der Waals surface area contributed by atoms with Crippen LogP contribution in [0.1, 0.15) is 29.7 Å². The van der Waals surface area contributed by atoms with Gasteiger partial charge >= 0.3 is 5.97 Å². The Morgan fingerprint density at radius 2 is 2.06 bits per heavy atom. The molecule has 1 aliphatic rings. The van der Waals surface area contributed by atoms with Crippen LogP contribution in [0.15, 0.2) is 54.7 Å². The molecule has 1 N–H and O–H groups in total. The lowest BCUT2D eigenvalue weighted by molar-refractivity contribution is -0.153. The number of rotatable bonds is 4. The van der Waals surface area contributed by atoms with Gasteiger partial charge in [-0.05, 0) is 59.5 Å². The van der Waals surface area contributed by atoms with Crippen molar-refractivity contribution in [3.8, 4) is 16.9 Å². The van der Waals surface area contributed by atoms with Gasteiger partial charge in [-0.15, -0.1) is 0 Å². The van der Waals surface area contributed by atoms with E-state index in [4.69, 9.17) is 14.5 Å². The molecule has 0 spiro atoms. The van der Waals surface area contributed by atoms with E-state index in [1.54, 1.807) is 6.92 Å². The minimum atomic E-state index is -1.39. The largest absolute Gasteiger partial charge is 0.493 e. The van der Waals surface area contributed by atoms with E-state index in [-0.39, 0.29) is 6.61 Å². The van der Waals surface area contributed by atoms with Gasteiger partial charge in [-0.2, -0.15) is 0 Å². The molecule has 3 aromatic carbocycles. The third-order valence-corrected chi connectivity index (χ3v) is 5.92. The number of hydrogen-bond donors (Lipinski definition) is 1. The number of fused-ring (bicyclic) bond motifs is 1. The fourth-order valence-electron chi connectivity index (χ4n) is 4.59. The number of aliphatic hydroxyl groups excluding tert-OH is 1. The molecule has 1 atom stereocenters. The summed E-state index contributed by atoms with van der Waals surface area (Å²) in [6, 6.07) is 16.0. The van der Waals surface area contributed by atoms with Crippen LogP contribution in [0.5, 0.6) is 5.75 Å². The molecule has 5 heteroatoms. The lowest BCUT2D eigenvalue weighted by Crippen LogP contribution is -2.17. The molecule has 1 aliphatic heterocycles. The molecule has 0 fully saturated rings. The van der Waals surface area contributed by atoms with Gasteiger partial charge in [-0.25, -0.2) is 4.79 Å². The summed E-state index contributed by atoms with van der Waals surface area (Å²) >= 11 is 0. The van der Waals surface area contributed by atoms with Gasteiger partial charge in [0.25, 0.3) is 0 Å². The number of aromatic nitrogens is 1. The van der Waals surface area contributed by atoms with Gasteiger partial charge in [0.05, 0.1) is 18.7 Å². The van der Waals surface area contributed by atoms with Gasteiger partial charge in [0.2, 0.25) is 0 Å². The Bertz CT molecular complexity index is 1320. The first-order valence-electron chi connectivity index (χ1n) is 10.5. The van der Waals surface area contributed by atoms with Crippen molar-refractivity contribution >= 4 is 27.6 Å². The molecular formula is C26H23NO4. The Hall–Kier alpha value is -3.44. The molecule has 0 aliphatic carbocycles. The van der Waals surface area contributed by atoms with Crippen LogP contribution < -0.4 is 4.74 Å². The maximum atomic E-state index is 12.5. The van der Waals surface area contributed by atoms with Crippen molar-refractivity contribution in [2.24, 2.45) is 0 Å². The van der Waals surface area contributed by atoms with E-state index in [0.717, 1.165) is 50.5 Å². The number of benzene rings is 3. The van der Waals surface area contributed by atoms with Crippen molar-refractivity contribution in [1.82, 2.24) is 4.98 Å². The summed E-state index contributed by atoms with van der Waals surface area (Å²) in [7, 11) is 0. The molecule has 156 valence electrons. The normalized spacial score (nSPS) is 13.8. The van der Waals surface area contributed by atoms with Crippen LogP contribution in [0.25, 0.3) is 32.8 Å². The first-order chi connectivity index (χ1) is 15.1. The van der Waals surface area contributed by atoms with E-state index < -0.39 is 12.1 Å². The third-order valence-electron chi connectivity index (χ3n) is 5.92. The first-order valence-corrected chi connectivity index (χ1v) is 10.5. The summed E-state index contributed by atoms with van der Waals surface area (Å²) in [6.45, 7) is 4.49. The summed E-state index contributed by atoms with van der Waals surface area (Å²) in [5.41, 5.74) is 5.05. The van der Waals surface area contributed by atoms with Gasteiger partial charge in [0.1, 0.15) is 5.75 Å². The standard InChI is InChI=1S/C26H23NO4/c1-3-30-26(29)25(28)21-15(2)14-17-6-4-5-7-18(17)23(21)19-8-9-20-22-16(11-13-31-20)10-12-27-24(19)22/h4-10,12,14,25,28H,3,11,13H2,1-2H3/t25-/m0/s1. The average molecular weight is 413 g/mol. The van der Waals surface area contributed by atoms with E-state index in [0.29, 0.717) is 12.2 Å². The second-order valence-corrected chi connectivity index (χ2v) is 7.76. The predicted molar refractivity (Wildman–Crippen MR) is 120 cm³/mol. The molecule has 1 aromatic heterocycles. The number of hydrogen-bond acceptors (Lipinski definition) is 5. The Morgan fingerprint density at radius 3 is 2.90 bits per heavy atom. The predicted octanol–water partition coefficient (Wildman–Crippen LogP) is 4.89. The van der Waals surface area contributed by atoms with Crippen LogP contribution in [0.4, 0.5) is 0 Å². The summed E-state index contributed by atoms with van der Waals surface area (Å²) < 4.78 is 11.0. The smallest absolute Gasteiger partial charge is 0.339 e. The third kappa shape index (κ3) is 3.13. The molecule has 31 heavy (non-hydrogen) atoms. The molecule has 5 nitrogen and oxygen atoms in total. The highest BCUT2D eigenvalue weighted by molar-refractivity contribution is 6.08. The molecule has 0 unspecified atom stereocenters. The van der Waals surface area contributed by atoms with Crippen LogP contribution in [-0.4, -0.2) is 29.3 Å². The van der Waals surface area contributed by atoms with Gasteiger partial charge in [0, 0.05) is 29.1 Å². The topological polar surface area (TPSA) is 68.7 Å². The molecule has 0 saturated heterocycles. The number of aryl methyl sites for hydroxylation is 1. The van der Waals surface area contributed by atoms with Crippen molar-refractivity contribution < 1.29 is 19.4 Å². The second kappa shape index (κ2) is 7.67. The molecule has 2 heterocycles. The fourth-order valence-corrected chi connectivity index (χ4v) is 4.59. The summed E-state index contributed by atoms with van der Waals surface area (Å²) in [4.78, 5) is 17.2. The SMILES string of the molecule is CCOC(=O)[C@@H](O)c1c(C)cc2ccccc2c1-c1ccc2c3c(ccnc13)CCO2. The second-order valence-electron chi connectivity index (χ2n) is 7.76. The van der Waals surface area contributed by atoms with Crippen molar-refractivity contribution in [2.75, 3.05) is 13.2 Å². The number of esters is 1. The van der Waals surface area contributed by atoms with Crippen LogP contribution in [0, 0.1) is 6.92 Å². The van der Waals surface area contributed by atoms with Gasteiger partial charge in [0.15, 0.2) is 6.10 Å². The number of carbonyl (C=O) groups excluding carboxylic acids is 1. The minimum absolute atomic E-state index is 0.206. The van der Waals surface area contributed by atoms with E-state index in [9.17, 15) is 9.90 Å². The molecule has 5 rings (SSSR count). The number of aliphatic hydroxyl groups is 1. The van der Waals surface area contributed by atoms with Crippen LogP contribution in [-0.2, 0) is 16.0 Å². The van der Waals surface area contributed by atoms with E-state index in [1.807, 2.05) is 61.7 Å². The number of pyridine rings is 1. The van der Waals surface area contributed by atoms with E-state index in [1.165, 1.54) is 5.56 Å². The molecule has 0 radical (unpaired) electrons. The highest BCUT2D eigenvalue weighted by Crippen LogP contribution is 2.43. The molecular weight excluding hydrogens is 390 g/mol. The number of carbonyl (C=O) groups is 1. The monoisotopic (exact) mass is 413 g/mol. The maximum absolute atomic E-state index is 12.5. The van der Waals surface area contributed by atoms with Crippen LogP contribution >= 0.6 is 0 Å². The molecule has 4 aromatic rings. The highest BCUT2D eigenvalue weighted by atomic mass is 16.5. The Kier molecular flexibility index (Phi) is 4.83. The van der Waals surface area contributed by atoms with Crippen LogP contribution in [0.2, 0.25) is 0 Å². The molecule has 0 amide bonds. The summed E-state index contributed by atoms with van der Waals surface area (Å²) in [5.74, 6) is 0.165. The quantitative estimate of drug-likeness (QED) is 0.482. The van der Waals surface area contributed by atoms with Gasteiger partial charge in [-0.3, -0.25) is 4.98 Å². The van der Waals surface area contributed by atoms with Gasteiger partial charge < -0.3 is 14.6 Å².